The van der Waals surface area contributed by atoms with Gasteiger partial charge in [-0.3, -0.25) is 4.79 Å². The zero-order valence-electron chi connectivity index (χ0n) is 13.5. The maximum Gasteiger partial charge on any atom is 0.222 e. The Morgan fingerprint density at radius 3 is 2.59 bits per heavy atom. The highest BCUT2D eigenvalue weighted by Crippen LogP contribution is 2.18. The van der Waals surface area contributed by atoms with Crippen LogP contribution in [0.2, 0.25) is 0 Å². The smallest absolute Gasteiger partial charge is 0.222 e. The van der Waals surface area contributed by atoms with Crippen molar-refractivity contribution >= 4 is 5.91 Å². The molecule has 0 aliphatic carbocycles. The number of nitrogens with two attached hydrogens (primary N) is 1. The summed E-state index contributed by atoms with van der Waals surface area (Å²) < 4.78 is 0. The van der Waals surface area contributed by atoms with Crippen molar-refractivity contribution in [3.05, 3.63) is 35.9 Å². The quantitative estimate of drug-likeness (QED) is 0.770. The zero-order valence-corrected chi connectivity index (χ0v) is 13.5. The van der Waals surface area contributed by atoms with Crippen LogP contribution in [0.3, 0.4) is 0 Å². The molecule has 1 saturated heterocycles. The van der Waals surface area contributed by atoms with Gasteiger partial charge in [-0.2, -0.15) is 0 Å². The van der Waals surface area contributed by atoms with Gasteiger partial charge in [0.15, 0.2) is 0 Å². The summed E-state index contributed by atoms with van der Waals surface area (Å²) in [5, 5.41) is 3.37. The van der Waals surface area contributed by atoms with Crippen molar-refractivity contribution in [1.29, 1.82) is 0 Å². The van der Waals surface area contributed by atoms with Gasteiger partial charge in [-0.15, -0.1) is 0 Å². The lowest BCUT2D eigenvalue weighted by Gasteiger charge is -2.25. The highest BCUT2D eigenvalue weighted by Gasteiger charge is 2.17. The van der Waals surface area contributed by atoms with Gasteiger partial charge < -0.3 is 16.0 Å². The number of benzene rings is 1. The van der Waals surface area contributed by atoms with Crippen LogP contribution in [0.1, 0.15) is 31.2 Å². The van der Waals surface area contributed by atoms with E-state index in [-0.39, 0.29) is 5.91 Å². The molecule has 1 amide bonds. The lowest BCUT2D eigenvalue weighted by Crippen LogP contribution is -2.37. The summed E-state index contributed by atoms with van der Waals surface area (Å²) in [6.45, 7) is 4.16. The van der Waals surface area contributed by atoms with Crippen LogP contribution in [0.25, 0.3) is 0 Å². The Morgan fingerprint density at radius 1 is 1.18 bits per heavy atom. The predicted octanol–water partition coefficient (Wildman–Crippen LogP) is 1.80. The summed E-state index contributed by atoms with van der Waals surface area (Å²) >= 11 is 0. The third-order valence-electron chi connectivity index (χ3n) is 4.49. The Bertz CT molecular complexity index is 429. The molecule has 3 N–H and O–H groups in total. The van der Waals surface area contributed by atoms with Crippen LogP contribution >= 0.6 is 0 Å². The van der Waals surface area contributed by atoms with E-state index in [2.05, 4.69) is 17.4 Å². The molecule has 0 unspecified atom stereocenters. The van der Waals surface area contributed by atoms with E-state index < -0.39 is 0 Å². The van der Waals surface area contributed by atoms with Gasteiger partial charge in [-0.05, 0) is 50.3 Å². The first-order valence-electron chi connectivity index (χ1n) is 8.52. The van der Waals surface area contributed by atoms with Crippen molar-refractivity contribution in [1.82, 2.24) is 10.2 Å². The Morgan fingerprint density at radius 2 is 1.91 bits per heavy atom. The van der Waals surface area contributed by atoms with Crippen molar-refractivity contribution in [2.45, 2.75) is 32.1 Å². The Labute approximate surface area is 134 Å². The molecule has 4 nitrogen and oxygen atoms in total. The number of piperidine rings is 1. The summed E-state index contributed by atoms with van der Waals surface area (Å²) in [7, 11) is 0. The van der Waals surface area contributed by atoms with Crippen LogP contribution in [0.15, 0.2) is 30.3 Å². The van der Waals surface area contributed by atoms with Gasteiger partial charge in [0.2, 0.25) is 5.91 Å². The second kappa shape index (κ2) is 9.59. The van der Waals surface area contributed by atoms with E-state index in [1.165, 1.54) is 18.4 Å². The second-order valence-corrected chi connectivity index (χ2v) is 6.14. The van der Waals surface area contributed by atoms with Crippen molar-refractivity contribution in [2.75, 3.05) is 32.7 Å². The molecule has 0 bridgehead atoms. The van der Waals surface area contributed by atoms with Gasteiger partial charge in [-0.25, -0.2) is 0 Å². The standard InChI is InChI=1S/C18H29N3O/c19-11-15-21(14-10-16-4-2-1-3-5-16)18(22)7-6-17-8-12-20-13-9-17/h1-5,17,20H,6-15,19H2. The molecule has 1 heterocycles. The highest BCUT2D eigenvalue weighted by atomic mass is 16.2. The maximum atomic E-state index is 12.5. The summed E-state index contributed by atoms with van der Waals surface area (Å²) in [4.78, 5) is 14.4. The van der Waals surface area contributed by atoms with Gasteiger partial charge in [0, 0.05) is 26.1 Å². The molecule has 22 heavy (non-hydrogen) atoms. The molecule has 0 radical (unpaired) electrons. The minimum absolute atomic E-state index is 0.264. The third-order valence-corrected chi connectivity index (χ3v) is 4.49. The first kappa shape index (κ1) is 17.0. The first-order chi connectivity index (χ1) is 10.8. The molecule has 1 aromatic carbocycles. The van der Waals surface area contributed by atoms with E-state index in [0.29, 0.717) is 25.4 Å². The molecule has 0 spiro atoms. The number of carbonyl (C=O) groups is 1. The molecule has 1 aliphatic heterocycles. The van der Waals surface area contributed by atoms with E-state index in [1.54, 1.807) is 0 Å². The molecular formula is C18H29N3O. The minimum atomic E-state index is 0.264. The van der Waals surface area contributed by atoms with Gasteiger partial charge in [0.25, 0.3) is 0 Å². The molecule has 2 rings (SSSR count). The number of nitrogens with zero attached hydrogens (tertiary/aromatic N) is 1. The van der Waals surface area contributed by atoms with Crippen LogP contribution in [-0.4, -0.2) is 43.5 Å². The van der Waals surface area contributed by atoms with Crippen molar-refractivity contribution in [3.63, 3.8) is 0 Å². The van der Waals surface area contributed by atoms with Crippen LogP contribution in [-0.2, 0) is 11.2 Å². The Hall–Kier alpha value is -1.39. The van der Waals surface area contributed by atoms with E-state index in [9.17, 15) is 4.79 Å². The largest absolute Gasteiger partial charge is 0.341 e. The zero-order chi connectivity index (χ0) is 15.6. The van der Waals surface area contributed by atoms with Crippen molar-refractivity contribution < 1.29 is 4.79 Å². The minimum Gasteiger partial charge on any atom is -0.341 e. The molecule has 1 aliphatic rings. The summed E-state index contributed by atoms with van der Waals surface area (Å²) in [5.74, 6) is 0.971. The molecule has 122 valence electrons. The molecule has 0 aromatic heterocycles. The van der Waals surface area contributed by atoms with Gasteiger partial charge in [0.1, 0.15) is 0 Å². The van der Waals surface area contributed by atoms with E-state index in [1.807, 2.05) is 23.1 Å². The number of carbonyl (C=O) groups excluding carboxylic acids is 1. The predicted molar refractivity (Wildman–Crippen MR) is 90.6 cm³/mol. The summed E-state index contributed by atoms with van der Waals surface area (Å²) in [5.41, 5.74) is 6.95. The number of hydrogen-bond donors (Lipinski definition) is 2. The Kier molecular flexibility index (Phi) is 7.40. The van der Waals surface area contributed by atoms with Crippen LogP contribution in [0.5, 0.6) is 0 Å². The van der Waals surface area contributed by atoms with E-state index in [0.717, 1.165) is 32.5 Å². The second-order valence-electron chi connectivity index (χ2n) is 6.14. The number of amides is 1. The fraction of sp³-hybridized carbons (Fsp3) is 0.611. The van der Waals surface area contributed by atoms with Gasteiger partial charge in [-0.1, -0.05) is 30.3 Å². The monoisotopic (exact) mass is 303 g/mol. The van der Waals surface area contributed by atoms with Gasteiger partial charge >= 0.3 is 0 Å². The number of nitrogens with one attached hydrogen (secondary N) is 1. The van der Waals surface area contributed by atoms with Gasteiger partial charge in [0.05, 0.1) is 0 Å². The molecular weight excluding hydrogens is 274 g/mol. The fourth-order valence-corrected chi connectivity index (χ4v) is 3.08. The fourth-order valence-electron chi connectivity index (χ4n) is 3.08. The summed E-state index contributed by atoms with van der Waals surface area (Å²) in [6, 6.07) is 10.3. The average Bonchev–Trinajstić information content (AvgIpc) is 2.58. The van der Waals surface area contributed by atoms with Crippen LogP contribution in [0.4, 0.5) is 0 Å². The highest BCUT2D eigenvalue weighted by molar-refractivity contribution is 5.76. The van der Waals surface area contributed by atoms with E-state index in [4.69, 9.17) is 5.73 Å². The van der Waals surface area contributed by atoms with Crippen LogP contribution < -0.4 is 11.1 Å². The molecule has 1 fully saturated rings. The van der Waals surface area contributed by atoms with E-state index >= 15 is 0 Å². The number of hydrogen-bond acceptors (Lipinski definition) is 3. The molecule has 1 aromatic rings. The normalized spacial score (nSPS) is 15.7. The SMILES string of the molecule is NCCN(CCc1ccccc1)C(=O)CCC1CCNCC1. The first-order valence-corrected chi connectivity index (χ1v) is 8.52. The van der Waals surface area contributed by atoms with Crippen molar-refractivity contribution in [3.8, 4) is 0 Å². The maximum absolute atomic E-state index is 12.5. The molecule has 0 saturated carbocycles. The lowest BCUT2D eigenvalue weighted by atomic mass is 9.93. The molecule has 4 heteroatoms. The average molecular weight is 303 g/mol. The third kappa shape index (κ3) is 5.78. The topological polar surface area (TPSA) is 58.4 Å². The lowest BCUT2D eigenvalue weighted by molar-refractivity contribution is -0.131. The molecule has 0 atom stereocenters. The Balaban J connectivity index is 1.77. The summed E-state index contributed by atoms with van der Waals surface area (Å²) in [6.07, 6.45) is 4.99. The van der Waals surface area contributed by atoms with Crippen molar-refractivity contribution in [2.24, 2.45) is 11.7 Å². The van der Waals surface area contributed by atoms with Crippen LogP contribution in [0, 0.1) is 5.92 Å². The number of rotatable bonds is 8.